The maximum absolute atomic E-state index is 14.6. The Morgan fingerprint density at radius 1 is 0.895 bits per heavy atom. The smallest absolute Gasteiger partial charge is 0.303 e. The van der Waals surface area contributed by atoms with Crippen molar-refractivity contribution in [2.75, 3.05) is 14.1 Å². The molecular formula is C46H77NO10. The van der Waals surface area contributed by atoms with E-state index in [1.165, 1.54) is 6.92 Å². The minimum absolute atomic E-state index is 0.0312. The van der Waals surface area contributed by atoms with Crippen molar-refractivity contribution in [3.8, 4) is 0 Å². The van der Waals surface area contributed by atoms with E-state index < -0.39 is 41.0 Å². The first kappa shape index (κ1) is 46.2. The van der Waals surface area contributed by atoms with E-state index in [0.717, 1.165) is 25.7 Å². The van der Waals surface area contributed by atoms with Gasteiger partial charge in [-0.05, 0) is 108 Å². The number of nitrogens with zero attached hydrogens (tertiary/aromatic N) is 1. The van der Waals surface area contributed by atoms with Gasteiger partial charge in [-0.3, -0.25) is 14.4 Å². The lowest BCUT2D eigenvalue weighted by Gasteiger charge is -2.54. The molecule has 5 heterocycles. The fourth-order valence-corrected chi connectivity index (χ4v) is 11.2. The van der Waals surface area contributed by atoms with Gasteiger partial charge in [-0.25, -0.2) is 0 Å². The molecule has 0 aliphatic carbocycles. The number of carbonyl (C=O) groups is 3. The average molecular weight is 804 g/mol. The Kier molecular flexibility index (Phi) is 14.6. The third kappa shape index (κ3) is 9.24. The van der Waals surface area contributed by atoms with Crippen LogP contribution in [0.1, 0.15) is 147 Å². The average Bonchev–Trinajstić information content (AvgIpc) is 3.50. The van der Waals surface area contributed by atoms with Gasteiger partial charge in [0, 0.05) is 45.2 Å². The number of Topliss-reactive ketones (excluding diaryl/α,β-unsaturated/α-hetero) is 1. The Bertz CT molecular complexity index is 1450. The second kappa shape index (κ2) is 18.0. The highest BCUT2D eigenvalue weighted by Gasteiger charge is 2.64. The molecule has 1 amide bonds. The van der Waals surface area contributed by atoms with E-state index >= 15 is 0 Å². The molecule has 5 rings (SSSR count). The van der Waals surface area contributed by atoms with Gasteiger partial charge in [0.2, 0.25) is 11.7 Å². The van der Waals surface area contributed by atoms with Gasteiger partial charge in [0.1, 0.15) is 5.78 Å². The molecule has 0 saturated carbocycles. The Hall–Kier alpha value is -1.89. The molecule has 1 N–H and O–H groups in total. The van der Waals surface area contributed by atoms with Gasteiger partial charge in [0.05, 0.1) is 47.6 Å². The van der Waals surface area contributed by atoms with Crippen LogP contribution in [0.4, 0.5) is 0 Å². The second-order valence-corrected chi connectivity index (χ2v) is 19.4. The summed E-state index contributed by atoms with van der Waals surface area (Å²) in [5, 5.41) is 11.1. The Balaban J connectivity index is 1.33. The number of hydrogen-bond acceptors (Lipinski definition) is 10. The standard InChI is InChI=1S/C46H77NO10/c1-14-34(42(50)47(12)13)36-18-17-27(4)40(54-36)29(6)25-28(5)39(49)35(15-2)41-30(7)26-31(8)45(55-41)22-20-38(53-33(10)48)46(57-45)24-23-43(11,56-46)37-19-21-44(51,16-3)32(9)52-37/h20,22,27-32,34-38,40-41,51H,14-19,21,23-26H2,1-13H3/t27-,28-,29-,30-,31+,32-,34+,35-,36+,37+,38+,40+,41-,43-,44+,45-,46-/m0/s1. The van der Waals surface area contributed by atoms with Crippen molar-refractivity contribution in [2.45, 2.75) is 206 Å². The number of hydrogen-bond donors (Lipinski definition) is 1. The number of amides is 1. The topological polar surface area (TPSA) is 130 Å². The SMILES string of the molecule is CC[C@@H](C(=O)[C@@H](C)C[C@H](C)[C@@H]1O[C@@H]([C@@H](CC)C(=O)N(C)C)CC[C@@H]1C)[C@H]1O[C@]2(C=C[C@@H](OC(C)=O)[C@]3(CC[C@@](C)([C@H]4CC[C@](O)(CC)[C@H](C)O4)O3)O2)[C@H](C)C[C@@H]1C. The van der Waals surface area contributed by atoms with Crippen molar-refractivity contribution >= 4 is 17.7 Å². The molecule has 57 heavy (non-hydrogen) atoms. The Morgan fingerprint density at radius 2 is 1.58 bits per heavy atom. The molecule has 4 fully saturated rings. The van der Waals surface area contributed by atoms with Crippen LogP contribution in [0.2, 0.25) is 0 Å². The highest BCUT2D eigenvalue weighted by molar-refractivity contribution is 5.83. The van der Waals surface area contributed by atoms with Crippen molar-refractivity contribution in [1.29, 1.82) is 0 Å². The fourth-order valence-electron chi connectivity index (χ4n) is 11.2. The molecule has 0 radical (unpaired) electrons. The second-order valence-electron chi connectivity index (χ2n) is 19.4. The van der Waals surface area contributed by atoms with Crippen LogP contribution in [0.15, 0.2) is 12.2 Å². The number of esters is 1. The summed E-state index contributed by atoms with van der Waals surface area (Å²) in [6.07, 6.45) is 9.33. The fraction of sp³-hybridized carbons (Fsp3) is 0.891. The summed E-state index contributed by atoms with van der Waals surface area (Å²) in [7, 11) is 3.62. The normalized spacial score (nSPS) is 43.0. The Morgan fingerprint density at radius 3 is 2.18 bits per heavy atom. The molecule has 5 aliphatic rings. The van der Waals surface area contributed by atoms with Crippen LogP contribution in [-0.4, -0.2) is 101 Å². The van der Waals surface area contributed by atoms with E-state index in [2.05, 4.69) is 41.5 Å². The summed E-state index contributed by atoms with van der Waals surface area (Å²) in [6.45, 7) is 22.2. The number of rotatable bonds is 13. The largest absolute Gasteiger partial charge is 0.453 e. The summed E-state index contributed by atoms with van der Waals surface area (Å²) < 4.78 is 40.4. The molecule has 0 aromatic heterocycles. The third-order valence-corrected chi connectivity index (χ3v) is 14.9. The summed E-state index contributed by atoms with van der Waals surface area (Å²) in [4.78, 5) is 41.7. The molecule has 326 valence electrons. The molecule has 11 heteroatoms. The van der Waals surface area contributed by atoms with Gasteiger partial charge in [-0.15, -0.1) is 0 Å². The van der Waals surface area contributed by atoms with Crippen molar-refractivity contribution in [3.05, 3.63) is 12.2 Å². The lowest BCUT2D eigenvalue weighted by Crippen LogP contribution is -2.63. The van der Waals surface area contributed by atoms with E-state index in [-0.39, 0.29) is 71.6 Å². The molecule has 4 saturated heterocycles. The van der Waals surface area contributed by atoms with Crippen LogP contribution in [0.3, 0.4) is 0 Å². The number of ether oxygens (including phenoxy) is 6. The summed E-state index contributed by atoms with van der Waals surface area (Å²) in [5.74, 6) is -2.92. The van der Waals surface area contributed by atoms with Crippen molar-refractivity contribution in [3.63, 3.8) is 0 Å². The molecule has 5 aliphatic heterocycles. The minimum atomic E-state index is -1.32. The van der Waals surface area contributed by atoms with Crippen LogP contribution >= 0.6 is 0 Å². The maximum Gasteiger partial charge on any atom is 0.303 e. The highest BCUT2D eigenvalue weighted by atomic mass is 16.8. The summed E-state index contributed by atoms with van der Waals surface area (Å²) in [5.41, 5.74) is -1.64. The molecular weight excluding hydrogens is 727 g/mol. The Labute approximate surface area is 343 Å². The zero-order valence-electron chi connectivity index (χ0n) is 37.5. The first-order chi connectivity index (χ1) is 26.7. The van der Waals surface area contributed by atoms with Gasteiger partial charge in [0.15, 0.2) is 11.9 Å². The van der Waals surface area contributed by atoms with Gasteiger partial charge in [0.25, 0.3) is 0 Å². The lowest BCUT2D eigenvalue weighted by molar-refractivity contribution is -0.409. The predicted octanol–water partition coefficient (Wildman–Crippen LogP) is 7.79. The quantitative estimate of drug-likeness (QED) is 0.146. The van der Waals surface area contributed by atoms with E-state index in [9.17, 15) is 19.5 Å². The first-order valence-corrected chi connectivity index (χ1v) is 22.4. The van der Waals surface area contributed by atoms with Crippen molar-refractivity contribution in [2.24, 2.45) is 41.4 Å². The zero-order valence-corrected chi connectivity index (χ0v) is 37.5. The zero-order chi connectivity index (χ0) is 42.2. The third-order valence-electron chi connectivity index (χ3n) is 14.9. The molecule has 17 atom stereocenters. The van der Waals surface area contributed by atoms with Gasteiger partial charge >= 0.3 is 5.97 Å². The van der Waals surface area contributed by atoms with E-state index in [1.807, 2.05) is 53.9 Å². The van der Waals surface area contributed by atoms with Crippen LogP contribution in [0.5, 0.6) is 0 Å². The predicted molar refractivity (Wildman–Crippen MR) is 218 cm³/mol. The first-order valence-electron chi connectivity index (χ1n) is 22.4. The van der Waals surface area contributed by atoms with Crippen LogP contribution in [0, 0.1) is 41.4 Å². The van der Waals surface area contributed by atoms with Crippen LogP contribution < -0.4 is 0 Å². The van der Waals surface area contributed by atoms with Crippen molar-refractivity contribution < 1.29 is 47.9 Å². The van der Waals surface area contributed by atoms with Crippen molar-refractivity contribution in [1.82, 2.24) is 4.90 Å². The highest BCUT2D eigenvalue weighted by Crippen LogP contribution is 2.54. The molecule has 2 spiro atoms. The van der Waals surface area contributed by atoms with Gasteiger partial charge < -0.3 is 38.4 Å². The molecule has 11 nitrogen and oxygen atoms in total. The van der Waals surface area contributed by atoms with E-state index in [0.29, 0.717) is 50.9 Å². The van der Waals surface area contributed by atoms with Crippen LogP contribution in [-0.2, 0) is 42.8 Å². The summed E-state index contributed by atoms with van der Waals surface area (Å²) in [6, 6.07) is 0. The lowest BCUT2D eigenvalue weighted by atomic mass is 9.73. The van der Waals surface area contributed by atoms with Gasteiger partial charge in [-0.1, -0.05) is 55.4 Å². The molecule has 0 unspecified atom stereocenters. The monoisotopic (exact) mass is 804 g/mol. The summed E-state index contributed by atoms with van der Waals surface area (Å²) >= 11 is 0. The molecule has 0 aromatic carbocycles. The minimum Gasteiger partial charge on any atom is -0.453 e. The van der Waals surface area contributed by atoms with Crippen LogP contribution in [0.25, 0.3) is 0 Å². The molecule has 0 aromatic rings. The maximum atomic E-state index is 14.6. The molecule has 0 bridgehead atoms. The van der Waals surface area contributed by atoms with Gasteiger partial charge in [-0.2, -0.15) is 0 Å². The number of aliphatic hydroxyl groups is 1. The number of carbonyl (C=O) groups excluding carboxylic acids is 3. The number of ketones is 1. The van der Waals surface area contributed by atoms with E-state index in [1.54, 1.807) is 4.90 Å². The van der Waals surface area contributed by atoms with E-state index in [4.69, 9.17) is 28.4 Å².